The maximum absolute atomic E-state index is 11.4. The zero-order valence-corrected chi connectivity index (χ0v) is 11.5. The highest BCUT2D eigenvalue weighted by atomic mass is 35.5. The highest BCUT2D eigenvalue weighted by Gasteiger charge is 2.16. The van der Waals surface area contributed by atoms with Crippen LogP contribution in [0.3, 0.4) is 0 Å². The van der Waals surface area contributed by atoms with Crippen molar-refractivity contribution in [1.82, 2.24) is 10.1 Å². The molecular formula is C12H10Cl2N2O3. The number of carbonyl (C=O) groups is 1. The van der Waals surface area contributed by atoms with Crippen LogP contribution in [0, 0.1) is 0 Å². The average molecular weight is 301 g/mol. The summed E-state index contributed by atoms with van der Waals surface area (Å²) in [4.78, 5) is 15.3. The van der Waals surface area contributed by atoms with E-state index in [1.165, 1.54) is 0 Å². The second kappa shape index (κ2) is 6.04. The molecule has 0 saturated heterocycles. The lowest BCUT2D eigenvalue weighted by atomic mass is 10.1. The number of aromatic nitrogens is 2. The van der Waals surface area contributed by atoms with E-state index in [0.717, 1.165) is 5.56 Å². The van der Waals surface area contributed by atoms with Crippen molar-refractivity contribution in [2.45, 2.75) is 13.3 Å². The molecule has 0 fully saturated rings. The fourth-order valence-corrected chi connectivity index (χ4v) is 1.83. The van der Waals surface area contributed by atoms with Crippen molar-refractivity contribution in [3.8, 4) is 0 Å². The number of nitrogens with zero attached hydrogens (tertiary/aromatic N) is 2. The predicted molar refractivity (Wildman–Crippen MR) is 69.5 cm³/mol. The van der Waals surface area contributed by atoms with E-state index < -0.39 is 5.97 Å². The van der Waals surface area contributed by atoms with Gasteiger partial charge in [0.25, 0.3) is 0 Å². The van der Waals surface area contributed by atoms with Gasteiger partial charge in [-0.05, 0) is 30.7 Å². The molecule has 7 heteroatoms. The third kappa shape index (κ3) is 3.45. The quantitative estimate of drug-likeness (QED) is 0.812. The summed E-state index contributed by atoms with van der Waals surface area (Å²) in [5.74, 6) is -0.472. The Morgan fingerprint density at radius 2 is 2.21 bits per heavy atom. The van der Waals surface area contributed by atoms with Crippen molar-refractivity contribution in [2.75, 3.05) is 6.61 Å². The van der Waals surface area contributed by atoms with Crippen molar-refractivity contribution in [2.24, 2.45) is 0 Å². The molecule has 0 atom stereocenters. The molecule has 1 aromatic heterocycles. The van der Waals surface area contributed by atoms with Crippen LogP contribution in [0.25, 0.3) is 0 Å². The first kappa shape index (κ1) is 13.8. The van der Waals surface area contributed by atoms with Crippen molar-refractivity contribution in [3.63, 3.8) is 0 Å². The maximum Gasteiger partial charge on any atom is 0.397 e. The normalized spacial score (nSPS) is 10.5. The molecule has 0 aliphatic heterocycles. The third-order valence-electron chi connectivity index (χ3n) is 2.27. The highest BCUT2D eigenvalue weighted by Crippen LogP contribution is 2.22. The van der Waals surface area contributed by atoms with Crippen molar-refractivity contribution in [1.29, 1.82) is 0 Å². The van der Waals surface area contributed by atoms with Crippen molar-refractivity contribution >= 4 is 29.2 Å². The summed E-state index contributed by atoms with van der Waals surface area (Å²) in [6, 6.07) is 5.09. The number of benzene rings is 1. The monoisotopic (exact) mass is 300 g/mol. The Labute approximate surface area is 119 Å². The Morgan fingerprint density at radius 1 is 1.42 bits per heavy atom. The van der Waals surface area contributed by atoms with E-state index in [-0.39, 0.29) is 12.5 Å². The summed E-state index contributed by atoms with van der Waals surface area (Å²) in [6.07, 6.45) is 0.322. The molecule has 0 N–H and O–H groups in total. The molecule has 0 spiro atoms. The van der Waals surface area contributed by atoms with E-state index in [9.17, 15) is 4.79 Å². The number of hydrogen-bond acceptors (Lipinski definition) is 5. The fourth-order valence-electron chi connectivity index (χ4n) is 1.45. The topological polar surface area (TPSA) is 65.2 Å². The molecule has 5 nitrogen and oxygen atoms in total. The van der Waals surface area contributed by atoms with E-state index in [1.54, 1.807) is 25.1 Å². The van der Waals surface area contributed by atoms with Crippen LogP contribution in [0.1, 0.15) is 29.0 Å². The van der Waals surface area contributed by atoms with E-state index in [1.807, 2.05) is 0 Å². The molecule has 0 radical (unpaired) electrons. The number of hydrogen-bond donors (Lipinski definition) is 0. The van der Waals surface area contributed by atoms with Gasteiger partial charge in [0.2, 0.25) is 0 Å². The summed E-state index contributed by atoms with van der Waals surface area (Å²) >= 11 is 11.9. The van der Waals surface area contributed by atoms with Crippen molar-refractivity contribution in [3.05, 3.63) is 45.5 Å². The minimum atomic E-state index is -0.640. The predicted octanol–water partition coefficient (Wildman–Crippen LogP) is 3.14. The number of esters is 1. The zero-order chi connectivity index (χ0) is 13.8. The molecule has 0 saturated carbocycles. The summed E-state index contributed by atoms with van der Waals surface area (Å²) in [7, 11) is 0. The molecule has 0 bridgehead atoms. The molecule has 0 unspecified atom stereocenters. The Balaban J connectivity index is 2.15. The van der Waals surface area contributed by atoms with Gasteiger partial charge in [0.05, 0.1) is 6.61 Å². The van der Waals surface area contributed by atoms with Crippen LogP contribution in [-0.4, -0.2) is 22.7 Å². The molecule has 0 aliphatic carbocycles. The van der Waals surface area contributed by atoms with Gasteiger partial charge in [0.15, 0.2) is 5.82 Å². The van der Waals surface area contributed by atoms with E-state index in [0.29, 0.717) is 22.3 Å². The smallest absolute Gasteiger partial charge is 0.397 e. The fraction of sp³-hybridized carbons (Fsp3) is 0.250. The lowest BCUT2D eigenvalue weighted by Gasteiger charge is -2.01. The number of ether oxygens (including phenoxy) is 1. The molecule has 19 heavy (non-hydrogen) atoms. The minimum Gasteiger partial charge on any atom is -0.459 e. The molecule has 2 rings (SSSR count). The van der Waals surface area contributed by atoms with Crippen LogP contribution in [0.5, 0.6) is 0 Å². The van der Waals surface area contributed by atoms with Gasteiger partial charge in [0, 0.05) is 16.5 Å². The van der Waals surface area contributed by atoms with Gasteiger partial charge in [-0.1, -0.05) is 28.4 Å². The van der Waals surface area contributed by atoms with E-state index in [2.05, 4.69) is 10.1 Å². The van der Waals surface area contributed by atoms with Crippen LogP contribution in [0.4, 0.5) is 0 Å². The lowest BCUT2D eigenvalue weighted by molar-refractivity contribution is 0.0470. The van der Waals surface area contributed by atoms with Gasteiger partial charge < -0.3 is 9.26 Å². The third-order valence-corrected chi connectivity index (χ3v) is 2.88. The summed E-state index contributed by atoms with van der Waals surface area (Å²) in [5.41, 5.74) is 0.755. The molecule has 0 aliphatic rings. The minimum absolute atomic E-state index is 0.171. The Bertz CT molecular complexity index is 598. The molecule has 100 valence electrons. The van der Waals surface area contributed by atoms with Crippen LogP contribution in [0.15, 0.2) is 22.7 Å². The highest BCUT2D eigenvalue weighted by molar-refractivity contribution is 6.33. The summed E-state index contributed by atoms with van der Waals surface area (Å²) < 4.78 is 9.56. The van der Waals surface area contributed by atoms with Gasteiger partial charge in [-0.25, -0.2) is 4.79 Å². The van der Waals surface area contributed by atoms with Gasteiger partial charge in [-0.3, -0.25) is 0 Å². The van der Waals surface area contributed by atoms with Crippen LogP contribution < -0.4 is 0 Å². The van der Waals surface area contributed by atoms with E-state index in [4.69, 9.17) is 32.5 Å². The second-order valence-corrected chi connectivity index (χ2v) is 4.49. The molecule has 1 aromatic carbocycles. The molecular weight excluding hydrogens is 291 g/mol. The van der Waals surface area contributed by atoms with Crippen LogP contribution in [-0.2, 0) is 11.2 Å². The van der Waals surface area contributed by atoms with Crippen LogP contribution >= 0.6 is 23.2 Å². The summed E-state index contributed by atoms with van der Waals surface area (Å²) in [5, 5.41) is 4.81. The Hall–Kier alpha value is -1.59. The SMILES string of the molecule is CCOC(=O)c1nc(Cc2cc(Cl)ccc2Cl)no1. The first-order chi connectivity index (χ1) is 9.10. The summed E-state index contributed by atoms with van der Waals surface area (Å²) in [6.45, 7) is 1.94. The molecule has 2 aromatic rings. The number of rotatable bonds is 4. The lowest BCUT2D eigenvalue weighted by Crippen LogP contribution is -2.05. The van der Waals surface area contributed by atoms with Crippen molar-refractivity contribution < 1.29 is 14.1 Å². The first-order valence-corrected chi connectivity index (χ1v) is 6.29. The maximum atomic E-state index is 11.4. The second-order valence-electron chi connectivity index (χ2n) is 3.65. The number of halogens is 2. The zero-order valence-electron chi connectivity index (χ0n) is 10.0. The van der Waals surface area contributed by atoms with Crippen LogP contribution in [0.2, 0.25) is 10.0 Å². The Morgan fingerprint density at radius 3 is 2.95 bits per heavy atom. The molecule has 1 heterocycles. The van der Waals surface area contributed by atoms with E-state index >= 15 is 0 Å². The number of carbonyl (C=O) groups excluding carboxylic acids is 1. The Kier molecular flexibility index (Phi) is 4.39. The standard InChI is InChI=1S/C12H10Cl2N2O3/c1-2-18-12(17)11-15-10(16-19-11)6-7-5-8(13)3-4-9(7)14/h3-5H,2,6H2,1H3. The van der Waals surface area contributed by atoms with Gasteiger partial charge in [-0.2, -0.15) is 4.98 Å². The first-order valence-electron chi connectivity index (χ1n) is 5.53. The molecule has 0 amide bonds. The van der Waals surface area contributed by atoms with Gasteiger partial charge >= 0.3 is 11.9 Å². The van der Waals surface area contributed by atoms with Gasteiger partial charge in [0.1, 0.15) is 0 Å². The average Bonchev–Trinajstić information content (AvgIpc) is 2.83. The van der Waals surface area contributed by atoms with Gasteiger partial charge in [-0.15, -0.1) is 0 Å². The largest absolute Gasteiger partial charge is 0.459 e.